The minimum atomic E-state index is -0.202. The summed E-state index contributed by atoms with van der Waals surface area (Å²) in [6.07, 6.45) is 0.736. The van der Waals surface area contributed by atoms with E-state index in [-0.39, 0.29) is 18.0 Å². The molecule has 2 unspecified atom stereocenters. The highest BCUT2D eigenvalue weighted by atomic mass is 35.5. The van der Waals surface area contributed by atoms with Gasteiger partial charge in [0.1, 0.15) is 24.1 Å². The summed E-state index contributed by atoms with van der Waals surface area (Å²) in [4.78, 5) is 17.3. The lowest BCUT2D eigenvalue weighted by atomic mass is 10.0. The topological polar surface area (TPSA) is 66.1 Å². The molecule has 0 saturated carbocycles. The van der Waals surface area contributed by atoms with Crippen LogP contribution in [0, 0.1) is 0 Å². The van der Waals surface area contributed by atoms with Gasteiger partial charge < -0.3 is 14.4 Å². The second-order valence-electron chi connectivity index (χ2n) is 7.87. The molecule has 2 heterocycles. The number of halogens is 1. The van der Waals surface area contributed by atoms with Crippen LogP contribution < -0.4 is 20.3 Å². The van der Waals surface area contributed by atoms with Gasteiger partial charge in [-0.3, -0.25) is 9.69 Å². The Kier molecular flexibility index (Phi) is 7.29. The number of hydrogen-bond acceptors (Lipinski definition) is 6. The Morgan fingerprint density at radius 1 is 1.00 bits per heavy atom. The maximum absolute atomic E-state index is 13.0. The largest absolute Gasteiger partial charge is 0.497 e. The van der Waals surface area contributed by atoms with E-state index in [2.05, 4.69) is 15.8 Å². The molecule has 2 saturated heterocycles. The summed E-state index contributed by atoms with van der Waals surface area (Å²) in [5, 5.41) is 0.704. The normalized spacial score (nSPS) is 21.8. The van der Waals surface area contributed by atoms with E-state index in [1.165, 1.54) is 0 Å². The number of hydrazine groups is 1. The average Bonchev–Trinajstić information content (AvgIpc) is 3.31. The van der Waals surface area contributed by atoms with Crippen LogP contribution in [-0.2, 0) is 4.79 Å². The Bertz CT molecular complexity index is 854. The van der Waals surface area contributed by atoms with Gasteiger partial charge in [0.05, 0.1) is 7.11 Å². The molecule has 4 rings (SSSR count). The van der Waals surface area contributed by atoms with Gasteiger partial charge in [-0.25, -0.2) is 10.9 Å². The maximum Gasteiger partial charge on any atom is 0.241 e. The number of nitrogens with zero attached hydrogens (tertiary/aromatic N) is 2. The van der Waals surface area contributed by atoms with Gasteiger partial charge in [0.25, 0.3) is 0 Å². The van der Waals surface area contributed by atoms with Crippen molar-refractivity contribution in [2.24, 2.45) is 0 Å². The Balaban J connectivity index is 1.19. The standard InChI is InChI=1S/C23H29ClN4O3/c1-30-19-6-2-17(3-7-19)21-16-22(26-25-21)23(29)28-12-10-27(11-13-28)14-15-31-20-8-4-18(24)5-9-20/h2-9,21-22,25-26H,10-16H2,1H3. The van der Waals surface area contributed by atoms with E-state index in [1.807, 2.05) is 53.4 Å². The Labute approximate surface area is 188 Å². The molecule has 2 N–H and O–H groups in total. The first-order valence-corrected chi connectivity index (χ1v) is 11.0. The third kappa shape index (κ3) is 5.68. The Morgan fingerprint density at radius 2 is 1.68 bits per heavy atom. The first-order valence-electron chi connectivity index (χ1n) is 10.7. The van der Waals surface area contributed by atoms with Crippen LogP contribution in [0.3, 0.4) is 0 Å². The zero-order chi connectivity index (χ0) is 21.6. The van der Waals surface area contributed by atoms with Crippen LogP contribution in [0.4, 0.5) is 0 Å². The fourth-order valence-corrected chi connectivity index (χ4v) is 4.13. The highest BCUT2D eigenvalue weighted by molar-refractivity contribution is 6.30. The van der Waals surface area contributed by atoms with Crippen LogP contribution in [0.2, 0.25) is 5.02 Å². The second kappa shape index (κ2) is 10.3. The molecule has 1 amide bonds. The van der Waals surface area contributed by atoms with Crippen molar-refractivity contribution in [3.63, 3.8) is 0 Å². The zero-order valence-corrected chi connectivity index (χ0v) is 18.5. The molecule has 2 fully saturated rings. The molecule has 2 aromatic rings. The molecular weight excluding hydrogens is 416 g/mol. The third-order valence-electron chi connectivity index (χ3n) is 5.89. The molecule has 31 heavy (non-hydrogen) atoms. The molecular formula is C23H29ClN4O3. The minimum Gasteiger partial charge on any atom is -0.497 e. The fourth-order valence-electron chi connectivity index (χ4n) is 4.01. The van der Waals surface area contributed by atoms with Crippen molar-refractivity contribution in [2.75, 3.05) is 46.4 Å². The summed E-state index contributed by atoms with van der Waals surface area (Å²) in [5.74, 6) is 1.82. The van der Waals surface area contributed by atoms with Crippen molar-refractivity contribution in [1.29, 1.82) is 0 Å². The molecule has 8 heteroatoms. The summed E-state index contributed by atoms with van der Waals surface area (Å²) >= 11 is 5.90. The minimum absolute atomic E-state index is 0.117. The smallest absolute Gasteiger partial charge is 0.241 e. The summed E-state index contributed by atoms with van der Waals surface area (Å²) < 4.78 is 11.0. The van der Waals surface area contributed by atoms with E-state index in [1.54, 1.807) is 7.11 Å². The van der Waals surface area contributed by atoms with Gasteiger partial charge in [-0.1, -0.05) is 23.7 Å². The number of nitrogens with one attached hydrogen (secondary N) is 2. The fraction of sp³-hybridized carbons (Fsp3) is 0.435. The molecule has 2 aliphatic rings. The first-order chi connectivity index (χ1) is 15.1. The van der Waals surface area contributed by atoms with E-state index in [9.17, 15) is 4.79 Å². The van der Waals surface area contributed by atoms with E-state index in [4.69, 9.17) is 21.1 Å². The van der Waals surface area contributed by atoms with Gasteiger partial charge in [0, 0.05) is 43.8 Å². The van der Waals surface area contributed by atoms with Crippen molar-refractivity contribution in [3.8, 4) is 11.5 Å². The van der Waals surface area contributed by atoms with Crippen LogP contribution in [0.15, 0.2) is 48.5 Å². The first kappa shape index (κ1) is 21.9. The lowest BCUT2D eigenvalue weighted by Gasteiger charge is -2.35. The lowest BCUT2D eigenvalue weighted by Crippen LogP contribution is -2.54. The Morgan fingerprint density at radius 3 is 2.35 bits per heavy atom. The number of methoxy groups -OCH3 is 1. The number of amides is 1. The van der Waals surface area contributed by atoms with Crippen molar-refractivity contribution >= 4 is 17.5 Å². The maximum atomic E-state index is 13.0. The van der Waals surface area contributed by atoms with Crippen LogP contribution in [0.1, 0.15) is 18.0 Å². The second-order valence-corrected chi connectivity index (χ2v) is 8.31. The van der Waals surface area contributed by atoms with Crippen molar-refractivity contribution in [1.82, 2.24) is 20.7 Å². The van der Waals surface area contributed by atoms with Gasteiger partial charge in [-0.05, 0) is 48.4 Å². The summed E-state index contributed by atoms with van der Waals surface area (Å²) in [5.41, 5.74) is 7.59. The molecule has 7 nitrogen and oxygen atoms in total. The molecule has 2 atom stereocenters. The highest BCUT2D eigenvalue weighted by Crippen LogP contribution is 2.25. The molecule has 0 aromatic heterocycles. The SMILES string of the molecule is COc1ccc(C2CC(C(=O)N3CCN(CCOc4ccc(Cl)cc4)CC3)NN2)cc1. The number of carbonyl (C=O) groups excluding carboxylic acids is 1. The quantitative estimate of drug-likeness (QED) is 0.684. The molecule has 0 bridgehead atoms. The molecule has 0 spiro atoms. The van der Waals surface area contributed by atoms with Gasteiger partial charge in [-0.15, -0.1) is 0 Å². The van der Waals surface area contributed by atoms with E-state index < -0.39 is 0 Å². The van der Waals surface area contributed by atoms with Crippen LogP contribution >= 0.6 is 11.6 Å². The van der Waals surface area contributed by atoms with E-state index >= 15 is 0 Å². The Hall–Kier alpha value is -2.32. The van der Waals surface area contributed by atoms with Gasteiger partial charge >= 0.3 is 0 Å². The van der Waals surface area contributed by atoms with Gasteiger partial charge in [-0.2, -0.15) is 0 Å². The number of piperazine rings is 1. The summed E-state index contributed by atoms with van der Waals surface area (Å²) in [6.45, 7) is 4.66. The third-order valence-corrected chi connectivity index (χ3v) is 6.15. The molecule has 2 aliphatic heterocycles. The van der Waals surface area contributed by atoms with Crippen LogP contribution in [-0.4, -0.2) is 68.2 Å². The predicted octanol–water partition coefficient (Wildman–Crippen LogP) is 2.48. The predicted molar refractivity (Wildman–Crippen MR) is 120 cm³/mol. The van der Waals surface area contributed by atoms with Gasteiger partial charge in [0.15, 0.2) is 0 Å². The van der Waals surface area contributed by atoms with Gasteiger partial charge in [0.2, 0.25) is 5.91 Å². The highest BCUT2D eigenvalue weighted by Gasteiger charge is 2.34. The van der Waals surface area contributed by atoms with Crippen molar-refractivity contribution < 1.29 is 14.3 Å². The number of hydrogen-bond donors (Lipinski definition) is 2. The van der Waals surface area contributed by atoms with E-state index in [0.29, 0.717) is 11.6 Å². The zero-order valence-electron chi connectivity index (χ0n) is 17.7. The lowest BCUT2D eigenvalue weighted by molar-refractivity contribution is -0.135. The van der Waals surface area contributed by atoms with Crippen LogP contribution in [0.25, 0.3) is 0 Å². The van der Waals surface area contributed by atoms with Crippen LogP contribution in [0.5, 0.6) is 11.5 Å². The van der Waals surface area contributed by atoms with E-state index in [0.717, 1.165) is 56.2 Å². The number of ether oxygens (including phenoxy) is 2. The summed E-state index contributed by atoms with van der Waals surface area (Å²) in [7, 11) is 1.66. The molecule has 0 radical (unpaired) electrons. The number of rotatable bonds is 7. The van der Waals surface area contributed by atoms with Crippen molar-refractivity contribution in [2.45, 2.75) is 18.5 Å². The molecule has 2 aromatic carbocycles. The molecule has 166 valence electrons. The average molecular weight is 445 g/mol. The molecule has 0 aliphatic carbocycles. The summed E-state index contributed by atoms with van der Waals surface area (Å²) in [6, 6.07) is 15.3. The monoisotopic (exact) mass is 444 g/mol. The number of benzene rings is 2. The number of carbonyl (C=O) groups is 1. The van der Waals surface area contributed by atoms with Crippen molar-refractivity contribution in [3.05, 3.63) is 59.1 Å².